The second kappa shape index (κ2) is 8.17. The Morgan fingerprint density at radius 1 is 1.34 bits per heavy atom. The zero-order valence-corrected chi connectivity index (χ0v) is 15.9. The van der Waals surface area contributed by atoms with Gasteiger partial charge in [0.15, 0.2) is 5.82 Å². The van der Waals surface area contributed by atoms with E-state index in [0.717, 1.165) is 17.9 Å². The van der Waals surface area contributed by atoms with E-state index in [4.69, 9.17) is 0 Å². The molecule has 4 rings (SSSR count). The molecule has 3 heterocycles. The van der Waals surface area contributed by atoms with E-state index in [1.54, 1.807) is 17.0 Å². The summed E-state index contributed by atoms with van der Waals surface area (Å²) in [4.78, 5) is 31.3. The molecule has 1 saturated heterocycles. The molecule has 2 amide bonds. The number of nitrogens with zero attached hydrogens (tertiary/aromatic N) is 7. The van der Waals surface area contributed by atoms with Crippen molar-refractivity contribution in [3.8, 4) is 5.69 Å². The zero-order chi connectivity index (χ0) is 20.2. The lowest BCUT2D eigenvalue weighted by molar-refractivity contribution is -0.136. The van der Waals surface area contributed by atoms with Crippen LogP contribution in [0.25, 0.3) is 5.69 Å². The Kier molecular flexibility index (Phi) is 5.27. The second-order valence-corrected chi connectivity index (χ2v) is 6.88. The van der Waals surface area contributed by atoms with Gasteiger partial charge in [0.25, 0.3) is 0 Å². The summed E-state index contributed by atoms with van der Waals surface area (Å²) in [6.45, 7) is 2.39. The number of likely N-dealkylation sites (tertiary alicyclic amines) is 1. The number of hydrogen-bond donors (Lipinski definition) is 2. The predicted molar refractivity (Wildman–Crippen MR) is 102 cm³/mol. The van der Waals surface area contributed by atoms with E-state index in [9.17, 15) is 9.59 Å². The number of H-pyrrole nitrogens is 1. The van der Waals surface area contributed by atoms with Crippen LogP contribution in [0.5, 0.6) is 0 Å². The minimum Gasteiger partial charge on any atom is -0.331 e. The number of nitrogens with one attached hydrogen (secondary N) is 2. The summed E-state index contributed by atoms with van der Waals surface area (Å²) in [6, 6.07) is 6.73. The van der Waals surface area contributed by atoms with Crippen molar-refractivity contribution in [2.45, 2.75) is 38.6 Å². The topological polar surface area (TPSA) is 135 Å². The number of hydrogen-bond acceptors (Lipinski definition) is 7. The molecule has 1 aliphatic heterocycles. The van der Waals surface area contributed by atoms with Crippen LogP contribution in [0.4, 0.5) is 5.69 Å². The van der Waals surface area contributed by atoms with Gasteiger partial charge in [0.05, 0.1) is 5.69 Å². The highest BCUT2D eigenvalue weighted by atomic mass is 16.2. The fraction of sp³-hybridized carbons (Fsp3) is 0.389. The number of rotatable bonds is 6. The number of aromatic nitrogens is 7. The summed E-state index contributed by atoms with van der Waals surface area (Å²) < 4.78 is 1.51. The Balaban J connectivity index is 1.38. The van der Waals surface area contributed by atoms with E-state index in [2.05, 4.69) is 36.0 Å². The lowest BCUT2D eigenvalue weighted by Gasteiger charge is -2.24. The number of aryl methyl sites for hydroxylation is 2. The average molecular weight is 395 g/mol. The Morgan fingerprint density at radius 3 is 3.00 bits per heavy atom. The lowest BCUT2D eigenvalue weighted by Crippen LogP contribution is -2.43. The van der Waals surface area contributed by atoms with Crippen LogP contribution in [-0.4, -0.2) is 64.7 Å². The molecule has 11 nitrogen and oxygen atoms in total. The summed E-state index contributed by atoms with van der Waals surface area (Å²) in [5.41, 5.74) is 1.35. The van der Waals surface area contributed by atoms with Gasteiger partial charge >= 0.3 is 0 Å². The number of benzene rings is 1. The van der Waals surface area contributed by atoms with Crippen LogP contribution in [0, 0.1) is 6.92 Å². The maximum Gasteiger partial charge on any atom is 0.247 e. The Morgan fingerprint density at radius 2 is 2.24 bits per heavy atom. The third-order valence-electron chi connectivity index (χ3n) is 4.81. The molecule has 1 atom stereocenters. The lowest BCUT2D eigenvalue weighted by atomic mass is 10.1. The minimum absolute atomic E-state index is 0.0625. The molecule has 2 aromatic heterocycles. The van der Waals surface area contributed by atoms with Crippen molar-refractivity contribution >= 4 is 17.5 Å². The first-order valence-electron chi connectivity index (χ1n) is 9.42. The van der Waals surface area contributed by atoms with Gasteiger partial charge in [-0.25, -0.2) is 9.67 Å². The van der Waals surface area contributed by atoms with E-state index < -0.39 is 6.04 Å². The summed E-state index contributed by atoms with van der Waals surface area (Å²) in [7, 11) is 0. The van der Waals surface area contributed by atoms with Crippen molar-refractivity contribution < 1.29 is 9.59 Å². The summed E-state index contributed by atoms with van der Waals surface area (Å²) in [6.07, 6.45) is 3.64. The Labute approximate surface area is 166 Å². The number of anilines is 1. The van der Waals surface area contributed by atoms with Crippen molar-refractivity contribution in [1.82, 2.24) is 40.3 Å². The highest BCUT2D eigenvalue weighted by Gasteiger charge is 2.33. The van der Waals surface area contributed by atoms with Gasteiger partial charge in [0.1, 0.15) is 18.2 Å². The Bertz CT molecular complexity index is 998. The maximum atomic E-state index is 12.8. The molecule has 1 aromatic carbocycles. The number of amides is 2. The van der Waals surface area contributed by atoms with Gasteiger partial charge < -0.3 is 10.2 Å². The maximum absolute atomic E-state index is 12.8. The van der Waals surface area contributed by atoms with Gasteiger partial charge in [-0.05, 0) is 48.4 Å². The van der Waals surface area contributed by atoms with Crippen LogP contribution in [0.2, 0.25) is 0 Å². The first kappa shape index (κ1) is 18.7. The molecule has 0 saturated carbocycles. The Hall–Kier alpha value is -3.63. The number of tetrazole rings is 1. The summed E-state index contributed by atoms with van der Waals surface area (Å²) in [5.74, 6) is 1.07. The van der Waals surface area contributed by atoms with Gasteiger partial charge in [0, 0.05) is 25.1 Å². The number of aromatic amines is 1. The van der Waals surface area contributed by atoms with Gasteiger partial charge in [-0.3, -0.25) is 14.7 Å². The predicted octanol–water partition coefficient (Wildman–Crippen LogP) is 0.651. The fourth-order valence-corrected chi connectivity index (χ4v) is 3.43. The second-order valence-electron chi connectivity index (χ2n) is 6.88. The van der Waals surface area contributed by atoms with Crippen molar-refractivity contribution in [3.05, 3.63) is 42.2 Å². The zero-order valence-electron chi connectivity index (χ0n) is 15.9. The molecular formula is C18H21N9O2. The molecule has 0 spiro atoms. The van der Waals surface area contributed by atoms with Gasteiger partial charge in [-0.15, -0.1) is 5.10 Å². The van der Waals surface area contributed by atoms with Crippen LogP contribution in [-0.2, 0) is 16.0 Å². The average Bonchev–Trinajstić information content (AvgIpc) is 3.47. The SMILES string of the molecule is Cc1nc(CCC(=O)N2CCC[C@H]2C(=O)Nc2cccc(-n3cnnn3)c2)n[nH]1. The molecule has 11 heteroatoms. The normalized spacial score (nSPS) is 16.2. The third-order valence-corrected chi connectivity index (χ3v) is 4.81. The van der Waals surface area contributed by atoms with Crippen LogP contribution in [0.1, 0.15) is 30.9 Å². The minimum atomic E-state index is -0.479. The van der Waals surface area contributed by atoms with Crippen molar-refractivity contribution in [2.75, 3.05) is 11.9 Å². The van der Waals surface area contributed by atoms with Gasteiger partial charge in [-0.2, -0.15) is 5.10 Å². The highest BCUT2D eigenvalue weighted by Crippen LogP contribution is 2.21. The quantitative estimate of drug-likeness (QED) is 0.626. The van der Waals surface area contributed by atoms with Crippen molar-refractivity contribution in [3.63, 3.8) is 0 Å². The fourth-order valence-electron chi connectivity index (χ4n) is 3.43. The first-order valence-corrected chi connectivity index (χ1v) is 9.42. The van der Waals surface area contributed by atoms with Gasteiger partial charge in [0.2, 0.25) is 11.8 Å². The van der Waals surface area contributed by atoms with Crippen LogP contribution in [0.3, 0.4) is 0 Å². The first-order chi connectivity index (χ1) is 14.1. The molecule has 2 N–H and O–H groups in total. The summed E-state index contributed by atoms with van der Waals surface area (Å²) >= 11 is 0. The summed E-state index contributed by atoms with van der Waals surface area (Å²) in [5, 5.41) is 20.8. The molecule has 1 fully saturated rings. The van der Waals surface area contributed by atoms with E-state index in [0.29, 0.717) is 30.9 Å². The number of carbonyl (C=O) groups excluding carboxylic acids is 2. The van der Waals surface area contributed by atoms with E-state index >= 15 is 0 Å². The monoisotopic (exact) mass is 395 g/mol. The molecule has 0 radical (unpaired) electrons. The molecule has 150 valence electrons. The van der Waals surface area contributed by atoms with Crippen LogP contribution < -0.4 is 5.32 Å². The van der Waals surface area contributed by atoms with E-state index in [1.807, 2.05) is 19.1 Å². The molecule has 3 aromatic rings. The molecule has 0 unspecified atom stereocenters. The van der Waals surface area contributed by atoms with Crippen LogP contribution >= 0.6 is 0 Å². The van der Waals surface area contributed by atoms with Gasteiger partial charge in [-0.1, -0.05) is 6.07 Å². The molecule has 0 aliphatic carbocycles. The van der Waals surface area contributed by atoms with E-state index in [-0.39, 0.29) is 18.2 Å². The smallest absolute Gasteiger partial charge is 0.247 e. The largest absolute Gasteiger partial charge is 0.331 e. The van der Waals surface area contributed by atoms with Crippen molar-refractivity contribution in [1.29, 1.82) is 0 Å². The van der Waals surface area contributed by atoms with E-state index in [1.165, 1.54) is 11.0 Å². The molecular weight excluding hydrogens is 374 g/mol. The van der Waals surface area contributed by atoms with Crippen LogP contribution in [0.15, 0.2) is 30.6 Å². The standard InChI is InChI=1S/C18H21N9O2/c1-12-20-16(23-22-12)7-8-17(28)26-9-3-6-15(26)18(29)21-13-4-2-5-14(10-13)27-11-19-24-25-27/h2,4-5,10-11,15H,3,6-9H2,1H3,(H,21,29)(H,20,22,23)/t15-/m0/s1. The molecule has 0 bridgehead atoms. The number of carbonyl (C=O) groups is 2. The molecule has 1 aliphatic rings. The van der Waals surface area contributed by atoms with Crippen molar-refractivity contribution in [2.24, 2.45) is 0 Å². The molecule has 29 heavy (non-hydrogen) atoms. The highest BCUT2D eigenvalue weighted by molar-refractivity contribution is 5.97. The third kappa shape index (κ3) is 4.28.